The van der Waals surface area contributed by atoms with E-state index in [2.05, 4.69) is 22.4 Å². The second-order valence-electron chi connectivity index (χ2n) is 4.46. The Morgan fingerprint density at radius 2 is 2.31 bits per heavy atom. The fourth-order valence-electron chi connectivity index (χ4n) is 1.56. The van der Waals surface area contributed by atoms with Gasteiger partial charge in [0.2, 0.25) is 5.16 Å². The lowest BCUT2D eigenvalue weighted by Gasteiger charge is -2.04. The van der Waals surface area contributed by atoms with Crippen LogP contribution >= 0.6 is 11.8 Å². The Balaban J connectivity index is 1.67. The summed E-state index contributed by atoms with van der Waals surface area (Å²) in [6.45, 7) is 2.06. The number of unbranched alkanes of at least 4 members (excludes halogenated alkanes) is 1. The van der Waals surface area contributed by atoms with Crippen LogP contribution in [0.25, 0.3) is 0 Å². The molecule has 0 saturated heterocycles. The predicted octanol–water partition coefficient (Wildman–Crippen LogP) is 1.62. The van der Waals surface area contributed by atoms with E-state index < -0.39 is 0 Å². The third-order valence-electron chi connectivity index (χ3n) is 2.64. The number of nitrogens with two attached hydrogens (primary N) is 1. The van der Waals surface area contributed by atoms with Gasteiger partial charge in [0.1, 0.15) is 0 Å². The Hall–Kier alpha value is -0.620. The van der Waals surface area contributed by atoms with Crippen LogP contribution in [0.3, 0.4) is 0 Å². The summed E-state index contributed by atoms with van der Waals surface area (Å²) >= 11 is 1.76. The van der Waals surface area contributed by atoms with Crippen LogP contribution in [0, 0.1) is 0 Å². The molecule has 0 spiro atoms. The van der Waals surface area contributed by atoms with E-state index in [0.717, 1.165) is 17.3 Å². The van der Waals surface area contributed by atoms with Gasteiger partial charge in [0, 0.05) is 11.8 Å². The van der Waals surface area contributed by atoms with Crippen molar-refractivity contribution in [3.05, 3.63) is 0 Å². The molecule has 0 radical (unpaired) electrons. The molecule has 1 aromatic heterocycles. The Bertz CT molecular complexity index is 321. The minimum atomic E-state index is 0.321. The van der Waals surface area contributed by atoms with Crippen molar-refractivity contribution in [3.63, 3.8) is 0 Å². The molecule has 6 heteroatoms. The van der Waals surface area contributed by atoms with Gasteiger partial charge in [-0.15, -0.1) is 5.10 Å². The van der Waals surface area contributed by atoms with Gasteiger partial charge in [-0.2, -0.15) is 0 Å². The predicted molar refractivity (Wildman–Crippen MR) is 64.3 cm³/mol. The van der Waals surface area contributed by atoms with Crippen molar-refractivity contribution in [2.24, 2.45) is 5.73 Å². The zero-order chi connectivity index (χ0) is 11.4. The first-order valence-corrected chi connectivity index (χ1v) is 6.92. The lowest BCUT2D eigenvalue weighted by atomic mass is 10.2. The quantitative estimate of drug-likeness (QED) is 0.580. The molecule has 2 N–H and O–H groups in total. The Labute approximate surface area is 100 Å². The normalized spacial score (nSPS) is 17.6. The van der Waals surface area contributed by atoms with Crippen LogP contribution in [0.1, 0.15) is 45.1 Å². The largest absolute Gasteiger partial charge is 0.328 e. The van der Waals surface area contributed by atoms with E-state index >= 15 is 0 Å². The summed E-state index contributed by atoms with van der Waals surface area (Å²) in [6.07, 6.45) is 5.93. The summed E-state index contributed by atoms with van der Waals surface area (Å²) in [5, 5.41) is 12.8. The van der Waals surface area contributed by atoms with Crippen LogP contribution in [-0.2, 0) is 0 Å². The lowest BCUT2D eigenvalue weighted by Crippen LogP contribution is -2.14. The summed E-state index contributed by atoms with van der Waals surface area (Å²) in [6, 6.07) is 0.892. The molecule has 1 saturated carbocycles. The average Bonchev–Trinajstić information content (AvgIpc) is 2.98. The van der Waals surface area contributed by atoms with Crippen LogP contribution < -0.4 is 5.73 Å². The number of rotatable bonds is 7. The third kappa shape index (κ3) is 3.45. The average molecular weight is 241 g/mol. The number of nitrogens with zero attached hydrogens (tertiary/aromatic N) is 4. The van der Waals surface area contributed by atoms with E-state index in [0.29, 0.717) is 12.1 Å². The van der Waals surface area contributed by atoms with Gasteiger partial charge in [0.15, 0.2) is 0 Å². The van der Waals surface area contributed by atoms with Crippen molar-refractivity contribution in [2.75, 3.05) is 5.75 Å². The maximum atomic E-state index is 5.70. The topological polar surface area (TPSA) is 69.6 Å². The maximum absolute atomic E-state index is 5.70. The number of aromatic nitrogens is 4. The molecule has 0 amide bonds. The van der Waals surface area contributed by atoms with Gasteiger partial charge in [-0.05, 0) is 43.0 Å². The van der Waals surface area contributed by atoms with Gasteiger partial charge >= 0.3 is 0 Å². The first-order chi connectivity index (χ1) is 7.77. The van der Waals surface area contributed by atoms with Gasteiger partial charge in [-0.25, -0.2) is 4.68 Å². The monoisotopic (exact) mass is 241 g/mol. The van der Waals surface area contributed by atoms with Crippen molar-refractivity contribution in [1.29, 1.82) is 0 Å². The number of hydrogen-bond donors (Lipinski definition) is 1. The minimum Gasteiger partial charge on any atom is -0.328 e. The van der Waals surface area contributed by atoms with E-state index in [9.17, 15) is 0 Å². The smallest absolute Gasteiger partial charge is 0.209 e. The molecule has 0 aliphatic heterocycles. The van der Waals surface area contributed by atoms with E-state index in [1.165, 1.54) is 25.7 Å². The van der Waals surface area contributed by atoms with Gasteiger partial charge in [-0.1, -0.05) is 18.2 Å². The highest BCUT2D eigenvalue weighted by Crippen LogP contribution is 2.36. The molecule has 5 nitrogen and oxygen atoms in total. The van der Waals surface area contributed by atoms with Gasteiger partial charge < -0.3 is 5.73 Å². The second-order valence-corrected chi connectivity index (χ2v) is 5.52. The Kier molecular flexibility index (Phi) is 4.17. The van der Waals surface area contributed by atoms with Crippen LogP contribution in [-0.4, -0.2) is 32.0 Å². The van der Waals surface area contributed by atoms with Crippen LogP contribution in [0.4, 0.5) is 0 Å². The third-order valence-corrected chi connectivity index (χ3v) is 3.66. The van der Waals surface area contributed by atoms with Crippen LogP contribution in [0.15, 0.2) is 5.16 Å². The van der Waals surface area contributed by atoms with Gasteiger partial charge in [0.25, 0.3) is 0 Å². The van der Waals surface area contributed by atoms with Crippen molar-refractivity contribution < 1.29 is 0 Å². The Morgan fingerprint density at radius 3 is 3.00 bits per heavy atom. The molecule has 1 atom stereocenters. The van der Waals surface area contributed by atoms with Gasteiger partial charge in [0.05, 0.1) is 6.04 Å². The fraction of sp³-hybridized carbons (Fsp3) is 0.900. The maximum Gasteiger partial charge on any atom is 0.209 e. The van der Waals surface area contributed by atoms with Crippen molar-refractivity contribution in [3.8, 4) is 0 Å². The Morgan fingerprint density at radius 1 is 1.50 bits per heavy atom. The highest BCUT2D eigenvalue weighted by molar-refractivity contribution is 7.99. The van der Waals surface area contributed by atoms with E-state index in [-0.39, 0.29) is 0 Å². The first-order valence-electron chi connectivity index (χ1n) is 5.93. The molecule has 90 valence electrons. The summed E-state index contributed by atoms with van der Waals surface area (Å²) < 4.78 is 1.97. The molecule has 2 rings (SSSR count). The zero-order valence-corrected chi connectivity index (χ0v) is 10.5. The number of hydrogen-bond acceptors (Lipinski definition) is 5. The minimum absolute atomic E-state index is 0.321. The molecule has 1 aliphatic carbocycles. The van der Waals surface area contributed by atoms with Crippen LogP contribution in [0.5, 0.6) is 0 Å². The zero-order valence-electron chi connectivity index (χ0n) is 9.67. The van der Waals surface area contributed by atoms with Crippen molar-refractivity contribution in [2.45, 2.75) is 56.3 Å². The number of thioether (sulfide) groups is 1. The van der Waals surface area contributed by atoms with E-state index in [1.54, 1.807) is 11.8 Å². The number of tetrazole rings is 1. The molecular weight excluding hydrogens is 222 g/mol. The lowest BCUT2D eigenvalue weighted by molar-refractivity contribution is 0.565. The molecule has 1 fully saturated rings. The summed E-state index contributed by atoms with van der Waals surface area (Å²) in [5.74, 6) is 1.08. The van der Waals surface area contributed by atoms with E-state index in [1.807, 2.05) is 4.68 Å². The first kappa shape index (κ1) is 11.9. The molecular formula is C10H19N5S. The molecule has 0 bridgehead atoms. The molecule has 1 unspecified atom stereocenters. The highest BCUT2D eigenvalue weighted by Gasteiger charge is 2.27. The van der Waals surface area contributed by atoms with Crippen LogP contribution in [0.2, 0.25) is 0 Å². The molecule has 1 aliphatic rings. The molecule has 16 heavy (non-hydrogen) atoms. The molecule has 1 heterocycles. The van der Waals surface area contributed by atoms with Crippen molar-refractivity contribution in [1.82, 2.24) is 20.2 Å². The molecule has 1 aromatic rings. The van der Waals surface area contributed by atoms with E-state index in [4.69, 9.17) is 5.73 Å². The van der Waals surface area contributed by atoms with Gasteiger partial charge in [-0.3, -0.25) is 0 Å². The fourth-order valence-corrected chi connectivity index (χ4v) is 2.50. The molecule has 0 aromatic carbocycles. The second kappa shape index (κ2) is 5.63. The SMILES string of the molecule is CC(N)CCCCSc1nnnn1C1CC1. The standard InChI is InChI=1S/C10H19N5S/c1-8(11)4-2-3-7-16-10-12-13-14-15(10)9-5-6-9/h8-9H,2-7,11H2,1H3. The summed E-state index contributed by atoms with van der Waals surface area (Å²) in [5.41, 5.74) is 5.70. The highest BCUT2D eigenvalue weighted by atomic mass is 32.2. The van der Waals surface area contributed by atoms with Crippen molar-refractivity contribution >= 4 is 11.8 Å². The summed E-state index contributed by atoms with van der Waals surface area (Å²) in [4.78, 5) is 0. The summed E-state index contributed by atoms with van der Waals surface area (Å²) in [7, 11) is 0.